The van der Waals surface area contributed by atoms with Crippen LogP contribution in [0.5, 0.6) is 11.5 Å². The second-order valence-corrected chi connectivity index (χ2v) is 10.3. The van der Waals surface area contributed by atoms with E-state index < -0.39 is 11.9 Å². The zero-order valence-electron chi connectivity index (χ0n) is 28.1. The molecule has 48 heavy (non-hydrogen) atoms. The number of anilines is 1. The maximum Gasteiger partial charge on any atom is 0.254 e. The SMILES string of the molecule is CCNc1ccc2oc(C(NC)C(=O)NC=O)cc2c1.COc1ccc(C)c(C)c1.COc1ccc2c(c1)C(=O)N(C)C2.O=CNN=O. The molecule has 0 fully saturated rings. The number of likely N-dealkylation sites (N-methyl/N-ethyl adjacent to an activating group) is 1. The summed E-state index contributed by atoms with van der Waals surface area (Å²) >= 11 is 0. The van der Waals surface area contributed by atoms with Crippen LogP contribution >= 0.6 is 0 Å². The third-order valence-corrected chi connectivity index (χ3v) is 7.07. The van der Waals surface area contributed by atoms with Crippen LogP contribution < -0.4 is 30.8 Å². The number of rotatable bonds is 10. The van der Waals surface area contributed by atoms with Crippen LogP contribution in [-0.2, 0) is 20.9 Å². The van der Waals surface area contributed by atoms with Gasteiger partial charge in [0.2, 0.25) is 12.8 Å². The van der Waals surface area contributed by atoms with Crippen LogP contribution in [0.2, 0.25) is 0 Å². The van der Waals surface area contributed by atoms with Crippen molar-refractivity contribution in [2.45, 2.75) is 33.4 Å². The number of ether oxygens (including phenoxy) is 2. The first-order valence-corrected chi connectivity index (χ1v) is 14.8. The highest BCUT2D eigenvalue weighted by atomic mass is 16.5. The van der Waals surface area contributed by atoms with Crippen molar-refractivity contribution >= 4 is 41.3 Å². The molecule has 0 radical (unpaired) electrons. The van der Waals surface area contributed by atoms with E-state index in [2.05, 4.69) is 35.9 Å². The highest BCUT2D eigenvalue weighted by Gasteiger charge is 2.24. The molecule has 0 bridgehead atoms. The van der Waals surface area contributed by atoms with E-state index in [1.165, 1.54) is 16.6 Å². The molecule has 4 N–H and O–H groups in total. The van der Waals surface area contributed by atoms with Crippen LogP contribution in [0.1, 0.15) is 45.8 Å². The monoisotopic (exact) mass is 662 g/mol. The maximum atomic E-state index is 11.7. The Balaban J connectivity index is 0.000000246. The van der Waals surface area contributed by atoms with E-state index in [4.69, 9.17) is 23.6 Å². The van der Waals surface area contributed by atoms with E-state index in [0.29, 0.717) is 24.3 Å². The Bertz CT molecular complexity index is 1680. The molecule has 0 saturated heterocycles. The summed E-state index contributed by atoms with van der Waals surface area (Å²) in [6.45, 7) is 7.73. The van der Waals surface area contributed by atoms with Crippen molar-refractivity contribution in [3.63, 3.8) is 0 Å². The molecule has 1 aliphatic heterocycles. The van der Waals surface area contributed by atoms with Gasteiger partial charge in [0.05, 0.1) is 19.5 Å². The first kappa shape index (κ1) is 38.4. The summed E-state index contributed by atoms with van der Waals surface area (Å²) in [5, 5.41) is 11.0. The van der Waals surface area contributed by atoms with Gasteiger partial charge in [-0.05, 0) is 93.0 Å². The summed E-state index contributed by atoms with van der Waals surface area (Å²) in [5.74, 6) is 1.77. The van der Waals surface area contributed by atoms with Gasteiger partial charge in [-0.3, -0.25) is 24.5 Å². The van der Waals surface area contributed by atoms with Crippen molar-refractivity contribution in [2.24, 2.45) is 5.29 Å². The topological polar surface area (TPSA) is 181 Å². The molecule has 1 aliphatic rings. The van der Waals surface area contributed by atoms with Crippen molar-refractivity contribution in [3.05, 3.63) is 93.6 Å². The number of hydrogen-bond acceptors (Lipinski definition) is 11. The molecule has 4 amide bonds. The number of amides is 4. The molecule has 0 aliphatic carbocycles. The zero-order valence-corrected chi connectivity index (χ0v) is 28.1. The minimum Gasteiger partial charge on any atom is -0.497 e. The molecule has 1 aromatic heterocycles. The molecule has 1 atom stereocenters. The minimum atomic E-state index is -0.699. The highest BCUT2D eigenvalue weighted by molar-refractivity contribution is 5.98. The fraction of sp³-hybridized carbons (Fsp3) is 0.294. The van der Waals surface area contributed by atoms with E-state index in [0.717, 1.165) is 40.2 Å². The molecule has 14 heteroatoms. The Labute approximate surface area is 279 Å². The lowest BCUT2D eigenvalue weighted by molar-refractivity contribution is -0.127. The van der Waals surface area contributed by atoms with Crippen LogP contribution in [0, 0.1) is 18.8 Å². The Hall–Kier alpha value is -5.76. The third-order valence-electron chi connectivity index (χ3n) is 7.07. The third kappa shape index (κ3) is 10.9. The summed E-state index contributed by atoms with van der Waals surface area (Å²) in [4.78, 5) is 53.1. The highest BCUT2D eigenvalue weighted by Crippen LogP contribution is 2.27. The Kier molecular flexibility index (Phi) is 15.8. The van der Waals surface area contributed by atoms with Gasteiger partial charge < -0.3 is 29.4 Å². The number of methoxy groups -OCH3 is 2. The largest absolute Gasteiger partial charge is 0.497 e. The van der Waals surface area contributed by atoms with E-state index in [1.807, 2.05) is 54.7 Å². The Morgan fingerprint density at radius 2 is 1.67 bits per heavy atom. The standard InChI is InChI=1S/C14H17N3O3.C10H11NO2.C9H12O.CH2N2O2/c1-3-16-10-4-5-11-9(6-10)7-12(20-11)13(15-2)14(19)17-8-18;1-11-6-7-3-4-8(13-2)5-9(7)10(11)12;1-7-4-5-9(10-3)6-8(7)2;4-1-2-3-5/h4-8,13,15-16H,3H2,1-2H3,(H,17,18,19);3-5H,6H2,1-2H3;4-6H,1-3H3;1H,(H,2,4,5). The lowest BCUT2D eigenvalue weighted by Gasteiger charge is -2.10. The van der Waals surface area contributed by atoms with Crippen LogP contribution in [0.4, 0.5) is 5.69 Å². The van der Waals surface area contributed by atoms with E-state index in [-0.39, 0.29) is 12.3 Å². The summed E-state index contributed by atoms with van der Waals surface area (Å²) < 4.78 is 15.8. The van der Waals surface area contributed by atoms with Crippen molar-refractivity contribution in [3.8, 4) is 11.5 Å². The molecule has 5 rings (SSSR count). The number of carbonyl (C=O) groups is 4. The quantitative estimate of drug-likeness (QED) is 0.108. The molecule has 256 valence electrons. The van der Waals surface area contributed by atoms with Gasteiger partial charge in [-0.25, -0.2) is 5.43 Å². The molecule has 2 heterocycles. The van der Waals surface area contributed by atoms with Gasteiger partial charge in [-0.15, -0.1) is 4.91 Å². The maximum absolute atomic E-state index is 11.7. The molecular formula is C34H42N6O8. The Morgan fingerprint density at radius 3 is 2.23 bits per heavy atom. The number of carbonyl (C=O) groups excluding carboxylic acids is 4. The number of nitrogens with zero attached hydrogens (tertiary/aromatic N) is 2. The zero-order chi connectivity index (χ0) is 35.6. The summed E-state index contributed by atoms with van der Waals surface area (Å²) in [6, 6.07) is 18.5. The van der Waals surface area contributed by atoms with Crippen molar-refractivity contribution in [1.29, 1.82) is 0 Å². The van der Waals surface area contributed by atoms with E-state index in [9.17, 15) is 14.4 Å². The van der Waals surface area contributed by atoms with Crippen molar-refractivity contribution in [2.75, 3.05) is 40.2 Å². The predicted molar refractivity (Wildman–Crippen MR) is 183 cm³/mol. The normalized spacial score (nSPS) is 11.6. The summed E-state index contributed by atoms with van der Waals surface area (Å²) in [6.07, 6.45) is 0.561. The number of fused-ring (bicyclic) bond motifs is 2. The average Bonchev–Trinajstić information content (AvgIpc) is 3.63. The number of hydrogen-bond donors (Lipinski definition) is 4. The molecule has 4 aromatic rings. The van der Waals surface area contributed by atoms with Crippen LogP contribution in [-0.4, -0.2) is 64.4 Å². The van der Waals surface area contributed by atoms with E-state index >= 15 is 0 Å². The van der Waals surface area contributed by atoms with Gasteiger partial charge in [0.25, 0.3) is 11.8 Å². The van der Waals surface area contributed by atoms with Gasteiger partial charge in [-0.2, -0.15) is 0 Å². The molecule has 0 saturated carbocycles. The predicted octanol–water partition coefficient (Wildman–Crippen LogP) is 4.40. The lowest BCUT2D eigenvalue weighted by Crippen LogP contribution is -2.34. The lowest BCUT2D eigenvalue weighted by atomic mass is 10.1. The average molecular weight is 663 g/mol. The van der Waals surface area contributed by atoms with Gasteiger partial charge in [0.15, 0.2) is 0 Å². The van der Waals surface area contributed by atoms with Crippen LogP contribution in [0.25, 0.3) is 11.0 Å². The van der Waals surface area contributed by atoms with Crippen LogP contribution in [0.3, 0.4) is 0 Å². The molecular weight excluding hydrogens is 620 g/mol. The smallest absolute Gasteiger partial charge is 0.254 e. The second-order valence-electron chi connectivity index (χ2n) is 10.3. The number of furan rings is 1. The number of nitroso groups, excluding NO2 is 1. The second kappa shape index (κ2) is 19.7. The van der Waals surface area contributed by atoms with Crippen molar-refractivity contribution in [1.82, 2.24) is 21.0 Å². The Morgan fingerprint density at radius 1 is 0.979 bits per heavy atom. The van der Waals surface area contributed by atoms with Gasteiger partial charge in [0.1, 0.15) is 28.9 Å². The molecule has 0 spiro atoms. The van der Waals surface area contributed by atoms with E-state index in [1.54, 1.807) is 45.3 Å². The molecule has 1 unspecified atom stereocenters. The summed E-state index contributed by atoms with van der Waals surface area (Å²) in [7, 11) is 6.72. The molecule has 14 nitrogen and oxygen atoms in total. The molecule has 3 aromatic carbocycles. The van der Waals surface area contributed by atoms with Crippen molar-refractivity contribution < 1.29 is 33.1 Å². The number of benzene rings is 3. The summed E-state index contributed by atoms with van der Waals surface area (Å²) in [5.41, 5.74) is 7.61. The fourth-order valence-corrected chi connectivity index (χ4v) is 4.48. The van der Waals surface area contributed by atoms with Gasteiger partial charge in [0, 0.05) is 36.8 Å². The fourth-order valence-electron chi connectivity index (χ4n) is 4.48. The number of imide groups is 1. The number of aryl methyl sites for hydroxylation is 2. The van der Waals surface area contributed by atoms with Gasteiger partial charge in [-0.1, -0.05) is 12.1 Å². The minimum absolute atomic E-state index is 0.0777. The number of nitrogens with one attached hydrogen (secondary N) is 4. The van der Waals surface area contributed by atoms with Gasteiger partial charge >= 0.3 is 0 Å². The first-order chi connectivity index (χ1) is 23.1. The van der Waals surface area contributed by atoms with Crippen LogP contribution in [0.15, 0.2) is 70.4 Å². The first-order valence-electron chi connectivity index (χ1n) is 14.8.